The number of benzene rings is 1. The molecule has 6 heteroatoms. The smallest absolute Gasteiger partial charge is 0.224 e. The predicted molar refractivity (Wildman–Crippen MR) is 80.4 cm³/mol. The lowest BCUT2D eigenvalue weighted by molar-refractivity contribution is -0.116. The Hall–Kier alpha value is -0.880. The van der Waals surface area contributed by atoms with E-state index in [1.54, 1.807) is 25.1 Å². The van der Waals surface area contributed by atoms with Crippen LogP contribution in [0.3, 0.4) is 0 Å². The Morgan fingerprint density at radius 2 is 1.95 bits per heavy atom. The minimum Gasteiger partial charge on any atom is -0.325 e. The fourth-order valence-corrected chi connectivity index (χ4v) is 3.04. The van der Waals surface area contributed by atoms with Crippen LogP contribution in [0.15, 0.2) is 29.2 Å². The Morgan fingerprint density at radius 3 is 2.58 bits per heavy atom. The van der Waals surface area contributed by atoms with Crippen LogP contribution in [0.5, 0.6) is 0 Å². The largest absolute Gasteiger partial charge is 0.325 e. The molecule has 0 fully saturated rings. The van der Waals surface area contributed by atoms with Crippen molar-refractivity contribution in [3.05, 3.63) is 24.3 Å². The maximum Gasteiger partial charge on any atom is 0.224 e. The second kappa shape index (κ2) is 7.65. The Labute approximate surface area is 122 Å². The molecule has 1 N–H and O–H groups in total. The summed E-state index contributed by atoms with van der Waals surface area (Å²) in [7, 11) is -3.32. The standard InChI is InChI=1S/C13H18BrNO3S/c1-2-19(17,18)12-8-4-3-7-11(12)15-13(16)9-5-6-10-14/h3-4,7-8H,2,5-6,9-10H2,1H3,(H,15,16). The molecule has 0 aliphatic carbocycles. The number of carbonyl (C=O) groups excluding carboxylic acids is 1. The Balaban J connectivity index is 2.82. The van der Waals surface area contributed by atoms with Gasteiger partial charge in [0.1, 0.15) is 0 Å². The molecule has 106 valence electrons. The molecule has 0 bridgehead atoms. The number of rotatable bonds is 7. The van der Waals surface area contributed by atoms with Crippen LogP contribution in [-0.2, 0) is 14.6 Å². The zero-order valence-electron chi connectivity index (χ0n) is 10.9. The minimum absolute atomic E-state index is 0.0173. The number of para-hydroxylation sites is 1. The molecule has 4 nitrogen and oxygen atoms in total. The van der Waals surface area contributed by atoms with Gasteiger partial charge in [0.15, 0.2) is 9.84 Å². The van der Waals surface area contributed by atoms with Crippen LogP contribution >= 0.6 is 15.9 Å². The first kappa shape index (κ1) is 16.2. The van der Waals surface area contributed by atoms with E-state index < -0.39 is 9.84 Å². The van der Waals surface area contributed by atoms with Crippen LogP contribution in [0.4, 0.5) is 5.69 Å². The van der Waals surface area contributed by atoms with Crippen molar-refractivity contribution in [2.45, 2.75) is 31.1 Å². The van der Waals surface area contributed by atoms with Gasteiger partial charge in [0, 0.05) is 11.8 Å². The third-order valence-corrected chi connectivity index (χ3v) is 5.01. The third-order valence-electron chi connectivity index (χ3n) is 2.66. The maximum atomic E-state index is 11.9. The molecule has 0 saturated heterocycles. The summed E-state index contributed by atoms with van der Waals surface area (Å²) in [6.45, 7) is 1.59. The first-order valence-corrected chi connectivity index (χ1v) is 8.96. The first-order chi connectivity index (χ1) is 9.01. The van der Waals surface area contributed by atoms with Gasteiger partial charge in [-0.15, -0.1) is 0 Å². The lowest BCUT2D eigenvalue weighted by Crippen LogP contribution is -2.15. The number of carbonyl (C=O) groups is 1. The predicted octanol–water partition coefficient (Wildman–Crippen LogP) is 2.98. The van der Waals surface area contributed by atoms with Gasteiger partial charge in [-0.3, -0.25) is 4.79 Å². The van der Waals surface area contributed by atoms with Gasteiger partial charge < -0.3 is 5.32 Å². The topological polar surface area (TPSA) is 63.2 Å². The molecule has 1 rings (SSSR count). The van der Waals surface area contributed by atoms with E-state index in [1.807, 2.05) is 0 Å². The molecule has 0 saturated carbocycles. The van der Waals surface area contributed by atoms with Gasteiger partial charge in [0.2, 0.25) is 5.91 Å². The molecule has 1 amide bonds. The molecular weight excluding hydrogens is 330 g/mol. The highest BCUT2D eigenvalue weighted by molar-refractivity contribution is 9.09. The summed E-state index contributed by atoms with van der Waals surface area (Å²) >= 11 is 3.30. The average Bonchev–Trinajstić information content (AvgIpc) is 2.39. The van der Waals surface area contributed by atoms with Crippen molar-refractivity contribution in [1.82, 2.24) is 0 Å². The monoisotopic (exact) mass is 347 g/mol. The Morgan fingerprint density at radius 1 is 1.26 bits per heavy atom. The lowest BCUT2D eigenvalue weighted by atomic mass is 10.2. The summed E-state index contributed by atoms with van der Waals surface area (Å²) in [5.74, 6) is -0.136. The van der Waals surface area contributed by atoms with Crippen LogP contribution in [0, 0.1) is 0 Å². The van der Waals surface area contributed by atoms with Gasteiger partial charge in [-0.05, 0) is 25.0 Å². The zero-order chi connectivity index (χ0) is 14.3. The molecule has 0 spiro atoms. The molecule has 0 atom stereocenters. The second-order valence-electron chi connectivity index (χ2n) is 4.09. The van der Waals surface area contributed by atoms with Crippen molar-refractivity contribution in [3.8, 4) is 0 Å². The van der Waals surface area contributed by atoms with Crippen molar-refractivity contribution in [2.75, 3.05) is 16.4 Å². The molecule has 19 heavy (non-hydrogen) atoms. The Kier molecular flexibility index (Phi) is 6.51. The van der Waals surface area contributed by atoms with Crippen LogP contribution in [0.2, 0.25) is 0 Å². The van der Waals surface area contributed by atoms with Crippen molar-refractivity contribution in [3.63, 3.8) is 0 Å². The second-order valence-corrected chi connectivity index (χ2v) is 7.13. The molecule has 0 unspecified atom stereocenters. The Bertz CT molecular complexity index is 528. The van der Waals surface area contributed by atoms with Crippen molar-refractivity contribution < 1.29 is 13.2 Å². The number of hydrogen-bond donors (Lipinski definition) is 1. The third kappa shape index (κ3) is 4.95. The van der Waals surface area contributed by atoms with Crippen molar-refractivity contribution >= 4 is 37.4 Å². The molecule has 1 aromatic carbocycles. The fraction of sp³-hybridized carbons (Fsp3) is 0.462. The minimum atomic E-state index is -3.32. The molecule has 1 aromatic rings. The lowest BCUT2D eigenvalue weighted by Gasteiger charge is -2.10. The highest BCUT2D eigenvalue weighted by Crippen LogP contribution is 2.22. The molecule has 0 aromatic heterocycles. The average molecular weight is 348 g/mol. The van der Waals surface area contributed by atoms with Crippen molar-refractivity contribution in [1.29, 1.82) is 0 Å². The quantitative estimate of drug-likeness (QED) is 0.609. The molecule has 0 heterocycles. The summed E-state index contributed by atoms with van der Waals surface area (Å²) in [6.07, 6.45) is 2.09. The van der Waals surface area contributed by atoms with Crippen LogP contribution < -0.4 is 5.32 Å². The van der Waals surface area contributed by atoms with Gasteiger partial charge in [-0.25, -0.2) is 8.42 Å². The van der Waals surface area contributed by atoms with Gasteiger partial charge >= 0.3 is 0 Å². The van der Waals surface area contributed by atoms with Gasteiger partial charge in [-0.1, -0.05) is 35.0 Å². The highest BCUT2D eigenvalue weighted by atomic mass is 79.9. The SMILES string of the molecule is CCS(=O)(=O)c1ccccc1NC(=O)CCCCBr. The van der Waals surface area contributed by atoms with E-state index in [4.69, 9.17) is 0 Å². The number of nitrogens with one attached hydrogen (secondary N) is 1. The first-order valence-electron chi connectivity index (χ1n) is 6.19. The van der Waals surface area contributed by atoms with Crippen LogP contribution in [0.1, 0.15) is 26.2 Å². The summed E-state index contributed by atoms with van der Waals surface area (Å²) in [4.78, 5) is 11.9. The molecule has 0 radical (unpaired) electrons. The molecule has 0 aliphatic heterocycles. The maximum absolute atomic E-state index is 11.9. The van der Waals surface area contributed by atoms with Crippen LogP contribution in [0.25, 0.3) is 0 Å². The normalized spacial score (nSPS) is 11.3. The number of amides is 1. The summed E-state index contributed by atoms with van der Waals surface area (Å²) in [5.41, 5.74) is 0.369. The highest BCUT2D eigenvalue weighted by Gasteiger charge is 2.17. The molecular formula is C13H18BrNO3S. The number of unbranched alkanes of at least 4 members (excludes halogenated alkanes) is 1. The van der Waals surface area contributed by atoms with E-state index in [1.165, 1.54) is 6.07 Å². The summed E-state index contributed by atoms with van der Waals surface area (Å²) in [5, 5.41) is 3.54. The summed E-state index contributed by atoms with van der Waals surface area (Å²) in [6, 6.07) is 6.50. The summed E-state index contributed by atoms with van der Waals surface area (Å²) < 4.78 is 23.8. The number of halogens is 1. The van der Waals surface area contributed by atoms with E-state index >= 15 is 0 Å². The van der Waals surface area contributed by atoms with Gasteiger partial charge in [0.25, 0.3) is 0 Å². The van der Waals surface area contributed by atoms with E-state index in [2.05, 4.69) is 21.2 Å². The number of alkyl halides is 1. The van der Waals surface area contributed by atoms with E-state index in [-0.39, 0.29) is 16.6 Å². The van der Waals surface area contributed by atoms with Crippen molar-refractivity contribution in [2.24, 2.45) is 0 Å². The zero-order valence-corrected chi connectivity index (χ0v) is 13.3. The fourth-order valence-electron chi connectivity index (χ4n) is 1.59. The number of sulfone groups is 1. The van der Waals surface area contributed by atoms with Gasteiger partial charge in [0.05, 0.1) is 16.3 Å². The van der Waals surface area contributed by atoms with E-state index in [9.17, 15) is 13.2 Å². The number of anilines is 1. The van der Waals surface area contributed by atoms with Crippen LogP contribution in [-0.4, -0.2) is 25.4 Å². The molecule has 0 aliphatic rings. The van der Waals surface area contributed by atoms with Gasteiger partial charge in [-0.2, -0.15) is 0 Å². The van der Waals surface area contributed by atoms with E-state index in [0.29, 0.717) is 12.1 Å². The number of hydrogen-bond acceptors (Lipinski definition) is 3. The van der Waals surface area contributed by atoms with E-state index in [0.717, 1.165) is 18.2 Å².